The van der Waals surface area contributed by atoms with Crippen molar-refractivity contribution in [2.75, 3.05) is 13.7 Å². The number of carbonyl (C=O) groups excluding carboxylic acids is 1. The molecule has 5 heteroatoms. The molecule has 0 fully saturated rings. The summed E-state index contributed by atoms with van der Waals surface area (Å²) >= 11 is 0. The van der Waals surface area contributed by atoms with Crippen LogP contribution in [-0.2, 0) is 16.0 Å². The van der Waals surface area contributed by atoms with Gasteiger partial charge in [-0.1, -0.05) is 18.2 Å². The molecule has 0 unspecified atom stereocenters. The molecule has 2 aromatic carbocycles. The predicted molar refractivity (Wildman–Crippen MR) is 90.6 cm³/mol. The van der Waals surface area contributed by atoms with Crippen molar-refractivity contribution >= 4 is 5.97 Å². The summed E-state index contributed by atoms with van der Waals surface area (Å²) in [5.41, 5.74) is 1.01. The van der Waals surface area contributed by atoms with Gasteiger partial charge in [-0.05, 0) is 36.8 Å². The third kappa shape index (κ3) is 4.78. The summed E-state index contributed by atoms with van der Waals surface area (Å²) in [5, 5.41) is 9.24. The van der Waals surface area contributed by atoms with E-state index in [1.165, 1.54) is 0 Å². The van der Waals surface area contributed by atoms with Crippen molar-refractivity contribution in [1.29, 1.82) is 0 Å². The summed E-state index contributed by atoms with van der Waals surface area (Å²) in [5.74, 6) is 1.45. The number of aliphatic hydroxyl groups is 1. The van der Waals surface area contributed by atoms with Crippen LogP contribution in [0.3, 0.4) is 0 Å². The molecule has 0 atom stereocenters. The van der Waals surface area contributed by atoms with Crippen molar-refractivity contribution in [2.45, 2.75) is 13.3 Å². The molecule has 5 nitrogen and oxygen atoms in total. The number of ether oxygens (including phenoxy) is 3. The van der Waals surface area contributed by atoms with Gasteiger partial charge in [-0.25, -0.2) is 4.79 Å². The number of esters is 1. The van der Waals surface area contributed by atoms with Gasteiger partial charge in [-0.2, -0.15) is 0 Å². The molecule has 0 bridgehead atoms. The number of hydrogen-bond acceptors (Lipinski definition) is 5. The minimum Gasteiger partial charge on any atom is -0.515 e. The van der Waals surface area contributed by atoms with Crippen molar-refractivity contribution in [3.05, 3.63) is 65.9 Å². The van der Waals surface area contributed by atoms with Gasteiger partial charge in [0.1, 0.15) is 17.2 Å². The molecule has 0 saturated carbocycles. The highest BCUT2D eigenvalue weighted by atomic mass is 16.5. The van der Waals surface area contributed by atoms with Crippen LogP contribution in [0.4, 0.5) is 0 Å². The molecule has 0 amide bonds. The van der Waals surface area contributed by atoms with Crippen molar-refractivity contribution in [1.82, 2.24) is 0 Å². The molecule has 0 aliphatic carbocycles. The van der Waals surface area contributed by atoms with Crippen molar-refractivity contribution in [3.8, 4) is 17.2 Å². The Morgan fingerprint density at radius 2 is 1.75 bits per heavy atom. The van der Waals surface area contributed by atoms with E-state index in [1.807, 2.05) is 42.5 Å². The van der Waals surface area contributed by atoms with Crippen LogP contribution in [0.1, 0.15) is 12.5 Å². The first-order chi connectivity index (χ1) is 11.7. The molecule has 0 spiro atoms. The Morgan fingerprint density at radius 1 is 1.08 bits per heavy atom. The van der Waals surface area contributed by atoms with E-state index in [2.05, 4.69) is 0 Å². The van der Waals surface area contributed by atoms with E-state index in [0.29, 0.717) is 17.2 Å². The average molecular weight is 328 g/mol. The zero-order valence-corrected chi connectivity index (χ0v) is 13.7. The number of aliphatic hydroxyl groups excluding tert-OH is 1. The molecule has 0 saturated heterocycles. The van der Waals surface area contributed by atoms with Gasteiger partial charge in [0.05, 0.1) is 25.6 Å². The van der Waals surface area contributed by atoms with Crippen LogP contribution >= 0.6 is 0 Å². The molecule has 0 aliphatic heterocycles. The van der Waals surface area contributed by atoms with Crippen molar-refractivity contribution in [3.63, 3.8) is 0 Å². The Morgan fingerprint density at radius 3 is 2.42 bits per heavy atom. The molecule has 0 heterocycles. The first-order valence-corrected chi connectivity index (χ1v) is 7.57. The molecule has 24 heavy (non-hydrogen) atoms. The topological polar surface area (TPSA) is 65.0 Å². The quantitative estimate of drug-likeness (QED) is 0.472. The lowest BCUT2D eigenvalue weighted by Crippen LogP contribution is -2.10. The standard InChI is InChI=1S/C19H20O5/c1-3-23-19(21)15(13-20)10-14-6-4-8-17(11-14)24-18-9-5-7-16(12-18)22-2/h4-9,11-13,20H,3,10H2,1-2H3/b15-13+. The molecular weight excluding hydrogens is 308 g/mol. The highest BCUT2D eigenvalue weighted by molar-refractivity contribution is 5.88. The minimum atomic E-state index is -0.529. The number of hydrogen-bond donors (Lipinski definition) is 1. The Kier molecular flexibility index (Phi) is 6.25. The largest absolute Gasteiger partial charge is 0.515 e. The Balaban J connectivity index is 2.12. The fourth-order valence-corrected chi connectivity index (χ4v) is 2.13. The molecule has 0 aromatic heterocycles. The van der Waals surface area contributed by atoms with Crippen LogP contribution in [0, 0.1) is 0 Å². The number of benzene rings is 2. The van der Waals surface area contributed by atoms with E-state index < -0.39 is 5.97 Å². The molecule has 2 rings (SSSR count). The maximum absolute atomic E-state index is 11.7. The maximum Gasteiger partial charge on any atom is 0.337 e. The van der Waals surface area contributed by atoms with Crippen LogP contribution in [0.15, 0.2) is 60.4 Å². The number of methoxy groups -OCH3 is 1. The van der Waals surface area contributed by atoms with Crippen molar-refractivity contribution in [2.24, 2.45) is 0 Å². The lowest BCUT2D eigenvalue weighted by molar-refractivity contribution is -0.138. The van der Waals surface area contributed by atoms with Gasteiger partial charge >= 0.3 is 5.97 Å². The lowest BCUT2D eigenvalue weighted by atomic mass is 10.1. The van der Waals surface area contributed by atoms with Gasteiger partial charge < -0.3 is 19.3 Å². The van der Waals surface area contributed by atoms with Gasteiger partial charge in [0.15, 0.2) is 0 Å². The van der Waals surface area contributed by atoms with E-state index in [0.717, 1.165) is 11.8 Å². The SMILES string of the molecule is CCOC(=O)/C(=C/O)Cc1cccc(Oc2cccc(OC)c2)c1. The van der Waals surface area contributed by atoms with Crippen LogP contribution in [-0.4, -0.2) is 24.8 Å². The summed E-state index contributed by atoms with van der Waals surface area (Å²) in [7, 11) is 1.60. The predicted octanol–water partition coefficient (Wildman–Crippen LogP) is 4.04. The van der Waals surface area contributed by atoms with Crippen LogP contribution in [0.5, 0.6) is 17.2 Å². The summed E-state index contributed by atoms with van der Waals surface area (Å²) in [6.07, 6.45) is 1.04. The fraction of sp³-hybridized carbons (Fsp3) is 0.211. The second-order valence-corrected chi connectivity index (χ2v) is 4.98. The first-order valence-electron chi connectivity index (χ1n) is 7.57. The second kappa shape index (κ2) is 8.62. The molecule has 126 valence electrons. The average Bonchev–Trinajstić information content (AvgIpc) is 2.60. The summed E-state index contributed by atoms with van der Waals surface area (Å²) < 4.78 is 15.9. The smallest absolute Gasteiger partial charge is 0.337 e. The minimum absolute atomic E-state index is 0.190. The monoisotopic (exact) mass is 328 g/mol. The summed E-state index contributed by atoms with van der Waals surface area (Å²) in [6.45, 7) is 1.98. The lowest BCUT2D eigenvalue weighted by Gasteiger charge is -2.10. The maximum atomic E-state index is 11.7. The Bertz CT molecular complexity index is 721. The van der Waals surface area contributed by atoms with E-state index in [1.54, 1.807) is 20.1 Å². The van der Waals surface area contributed by atoms with E-state index in [9.17, 15) is 9.90 Å². The van der Waals surface area contributed by atoms with Crippen LogP contribution in [0.25, 0.3) is 0 Å². The van der Waals surface area contributed by atoms with E-state index in [4.69, 9.17) is 14.2 Å². The summed E-state index contributed by atoms with van der Waals surface area (Å²) in [6, 6.07) is 14.6. The molecule has 0 aliphatic rings. The Hall–Kier alpha value is -2.95. The van der Waals surface area contributed by atoms with Gasteiger partial charge in [-0.15, -0.1) is 0 Å². The molecule has 1 N–H and O–H groups in total. The molecule has 0 radical (unpaired) electrons. The third-order valence-corrected chi connectivity index (χ3v) is 3.26. The third-order valence-electron chi connectivity index (χ3n) is 3.26. The first kappa shape index (κ1) is 17.4. The molecule has 2 aromatic rings. The van der Waals surface area contributed by atoms with Crippen LogP contribution in [0.2, 0.25) is 0 Å². The van der Waals surface area contributed by atoms with Gasteiger partial charge in [0.2, 0.25) is 0 Å². The van der Waals surface area contributed by atoms with Gasteiger partial charge in [0.25, 0.3) is 0 Å². The highest BCUT2D eigenvalue weighted by Crippen LogP contribution is 2.26. The van der Waals surface area contributed by atoms with Crippen LogP contribution < -0.4 is 9.47 Å². The summed E-state index contributed by atoms with van der Waals surface area (Å²) in [4.78, 5) is 11.7. The zero-order valence-electron chi connectivity index (χ0n) is 13.7. The van der Waals surface area contributed by atoms with Crippen molar-refractivity contribution < 1.29 is 24.1 Å². The Labute approximate surface area is 141 Å². The number of rotatable bonds is 7. The number of carbonyl (C=O) groups is 1. The van der Waals surface area contributed by atoms with Gasteiger partial charge in [0, 0.05) is 12.5 Å². The zero-order chi connectivity index (χ0) is 17.4. The van der Waals surface area contributed by atoms with Gasteiger partial charge in [-0.3, -0.25) is 0 Å². The fourth-order valence-electron chi connectivity index (χ4n) is 2.13. The second-order valence-electron chi connectivity index (χ2n) is 4.98. The van der Waals surface area contributed by atoms with E-state index >= 15 is 0 Å². The molecular formula is C19H20O5. The van der Waals surface area contributed by atoms with E-state index in [-0.39, 0.29) is 18.6 Å². The highest BCUT2D eigenvalue weighted by Gasteiger charge is 2.12. The normalized spacial score (nSPS) is 11.0.